The molecule has 0 saturated heterocycles. The van der Waals surface area contributed by atoms with E-state index < -0.39 is 0 Å². The van der Waals surface area contributed by atoms with Crippen molar-refractivity contribution in [1.29, 1.82) is 0 Å². The summed E-state index contributed by atoms with van der Waals surface area (Å²) >= 11 is 5.92. The van der Waals surface area contributed by atoms with Crippen molar-refractivity contribution in [3.05, 3.63) is 70.4 Å². The third kappa shape index (κ3) is 2.35. The Morgan fingerprint density at radius 3 is 2.65 bits per heavy atom. The molecule has 0 N–H and O–H groups in total. The van der Waals surface area contributed by atoms with Gasteiger partial charge < -0.3 is 4.42 Å². The van der Waals surface area contributed by atoms with Crippen LogP contribution in [0.25, 0.3) is 11.0 Å². The molecule has 0 unspecified atom stereocenters. The van der Waals surface area contributed by atoms with Gasteiger partial charge in [0.15, 0.2) is 5.78 Å². The van der Waals surface area contributed by atoms with Gasteiger partial charge in [-0.1, -0.05) is 42.8 Å². The van der Waals surface area contributed by atoms with Crippen LogP contribution in [-0.4, -0.2) is 5.78 Å². The molecule has 0 bridgehead atoms. The van der Waals surface area contributed by atoms with Crippen LogP contribution in [0.1, 0.15) is 28.6 Å². The van der Waals surface area contributed by atoms with Crippen molar-refractivity contribution in [3.63, 3.8) is 0 Å². The van der Waals surface area contributed by atoms with Crippen LogP contribution in [0.15, 0.2) is 52.9 Å². The molecule has 0 atom stereocenters. The Morgan fingerprint density at radius 1 is 1.10 bits per heavy atom. The number of halogens is 1. The summed E-state index contributed by atoms with van der Waals surface area (Å²) in [6.45, 7) is 2.04. The standard InChI is InChI=1S/C17H13ClO2/c1-2-15-9-11-6-7-13(10-16(11)20-15)17(19)12-4-3-5-14(18)8-12/h3-10H,2H2,1H3. The Morgan fingerprint density at radius 2 is 1.90 bits per heavy atom. The van der Waals surface area contributed by atoms with Crippen LogP contribution in [0.3, 0.4) is 0 Å². The number of carbonyl (C=O) groups is 1. The van der Waals surface area contributed by atoms with E-state index in [9.17, 15) is 4.79 Å². The number of fused-ring (bicyclic) bond motifs is 1. The minimum absolute atomic E-state index is 0.0520. The van der Waals surface area contributed by atoms with Gasteiger partial charge in [-0.25, -0.2) is 0 Å². The van der Waals surface area contributed by atoms with Crippen molar-refractivity contribution in [2.24, 2.45) is 0 Å². The van der Waals surface area contributed by atoms with Gasteiger partial charge in [0.25, 0.3) is 0 Å². The minimum Gasteiger partial charge on any atom is -0.461 e. The van der Waals surface area contributed by atoms with Gasteiger partial charge in [-0.2, -0.15) is 0 Å². The number of benzene rings is 2. The first-order chi connectivity index (χ1) is 9.67. The summed E-state index contributed by atoms with van der Waals surface area (Å²) in [5, 5.41) is 1.58. The lowest BCUT2D eigenvalue weighted by Gasteiger charge is -2.01. The average Bonchev–Trinajstić information content (AvgIpc) is 2.88. The fraction of sp³-hybridized carbons (Fsp3) is 0.118. The fourth-order valence-corrected chi connectivity index (χ4v) is 2.39. The van der Waals surface area contributed by atoms with Gasteiger partial charge in [0.2, 0.25) is 0 Å². The summed E-state index contributed by atoms with van der Waals surface area (Å²) < 4.78 is 5.69. The predicted molar refractivity (Wildman–Crippen MR) is 80.5 cm³/mol. The first-order valence-corrected chi connectivity index (χ1v) is 6.88. The third-order valence-corrected chi connectivity index (χ3v) is 3.50. The van der Waals surface area contributed by atoms with Gasteiger partial charge in [-0.05, 0) is 24.3 Å². The molecular formula is C17H13ClO2. The Balaban J connectivity index is 2.03. The minimum atomic E-state index is -0.0520. The Kier molecular flexibility index (Phi) is 3.33. The molecule has 0 amide bonds. The zero-order chi connectivity index (χ0) is 14.1. The van der Waals surface area contributed by atoms with Gasteiger partial charge in [-0.15, -0.1) is 0 Å². The van der Waals surface area contributed by atoms with Gasteiger partial charge >= 0.3 is 0 Å². The summed E-state index contributed by atoms with van der Waals surface area (Å²) in [5.41, 5.74) is 1.94. The molecule has 20 heavy (non-hydrogen) atoms. The molecule has 0 fully saturated rings. The van der Waals surface area contributed by atoms with Gasteiger partial charge in [-0.3, -0.25) is 4.79 Å². The van der Waals surface area contributed by atoms with E-state index in [0.717, 1.165) is 23.2 Å². The van der Waals surface area contributed by atoms with E-state index in [0.29, 0.717) is 16.1 Å². The Labute approximate surface area is 122 Å². The zero-order valence-corrected chi connectivity index (χ0v) is 11.8. The Hall–Kier alpha value is -2.06. The number of hydrogen-bond donors (Lipinski definition) is 0. The highest BCUT2D eigenvalue weighted by atomic mass is 35.5. The second-order valence-electron chi connectivity index (χ2n) is 4.66. The molecule has 1 aromatic heterocycles. The van der Waals surface area contributed by atoms with E-state index >= 15 is 0 Å². The molecule has 3 aromatic rings. The normalized spacial score (nSPS) is 10.9. The molecule has 0 spiro atoms. The van der Waals surface area contributed by atoms with Crippen molar-refractivity contribution < 1.29 is 9.21 Å². The number of rotatable bonds is 3. The Bertz CT molecular complexity index is 787. The second kappa shape index (κ2) is 5.14. The van der Waals surface area contributed by atoms with E-state index in [4.69, 9.17) is 16.0 Å². The quantitative estimate of drug-likeness (QED) is 0.642. The highest BCUT2D eigenvalue weighted by Crippen LogP contribution is 2.23. The summed E-state index contributed by atoms with van der Waals surface area (Å²) in [7, 11) is 0. The lowest BCUT2D eigenvalue weighted by atomic mass is 10.0. The molecule has 0 aliphatic heterocycles. The second-order valence-corrected chi connectivity index (χ2v) is 5.09. The van der Waals surface area contributed by atoms with Crippen LogP contribution < -0.4 is 0 Å². The average molecular weight is 285 g/mol. The van der Waals surface area contributed by atoms with Crippen molar-refractivity contribution in [1.82, 2.24) is 0 Å². The zero-order valence-electron chi connectivity index (χ0n) is 11.0. The highest BCUT2D eigenvalue weighted by molar-refractivity contribution is 6.31. The van der Waals surface area contributed by atoms with Gasteiger partial charge in [0.05, 0.1) is 0 Å². The van der Waals surface area contributed by atoms with Crippen LogP contribution >= 0.6 is 11.6 Å². The maximum absolute atomic E-state index is 12.4. The molecule has 2 aromatic carbocycles. The number of hydrogen-bond acceptors (Lipinski definition) is 2. The van der Waals surface area contributed by atoms with Crippen molar-refractivity contribution in [2.45, 2.75) is 13.3 Å². The van der Waals surface area contributed by atoms with Gasteiger partial charge in [0, 0.05) is 28.0 Å². The molecule has 0 aliphatic carbocycles. The van der Waals surface area contributed by atoms with E-state index in [-0.39, 0.29) is 5.78 Å². The van der Waals surface area contributed by atoms with E-state index in [2.05, 4.69) is 0 Å². The molecule has 2 nitrogen and oxygen atoms in total. The molecule has 3 rings (SSSR count). The summed E-state index contributed by atoms with van der Waals surface area (Å²) in [6.07, 6.45) is 0.840. The maximum Gasteiger partial charge on any atom is 0.193 e. The molecule has 3 heteroatoms. The van der Waals surface area contributed by atoms with Crippen LogP contribution in [0.2, 0.25) is 5.02 Å². The summed E-state index contributed by atoms with van der Waals surface area (Å²) in [4.78, 5) is 12.4. The van der Waals surface area contributed by atoms with Gasteiger partial charge in [0.1, 0.15) is 11.3 Å². The smallest absolute Gasteiger partial charge is 0.193 e. The summed E-state index contributed by atoms with van der Waals surface area (Å²) in [5.74, 6) is 0.871. The molecular weight excluding hydrogens is 272 g/mol. The van der Waals surface area contributed by atoms with E-state index in [1.54, 1.807) is 30.3 Å². The number of furan rings is 1. The lowest BCUT2D eigenvalue weighted by molar-refractivity contribution is 0.103. The first-order valence-electron chi connectivity index (χ1n) is 6.50. The van der Waals surface area contributed by atoms with Crippen molar-refractivity contribution in [3.8, 4) is 0 Å². The summed E-state index contributed by atoms with van der Waals surface area (Å²) in [6, 6.07) is 14.5. The van der Waals surface area contributed by atoms with Crippen LogP contribution in [0.5, 0.6) is 0 Å². The third-order valence-electron chi connectivity index (χ3n) is 3.27. The number of aryl methyl sites for hydroxylation is 1. The lowest BCUT2D eigenvalue weighted by Crippen LogP contribution is -2.00. The highest BCUT2D eigenvalue weighted by Gasteiger charge is 2.11. The first kappa shape index (κ1) is 12.9. The molecule has 1 heterocycles. The van der Waals surface area contributed by atoms with Crippen LogP contribution in [0, 0.1) is 0 Å². The molecule has 0 saturated carbocycles. The van der Waals surface area contributed by atoms with E-state index in [1.807, 2.05) is 25.1 Å². The number of ketones is 1. The number of carbonyl (C=O) groups excluding carboxylic acids is 1. The van der Waals surface area contributed by atoms with Crippen LogP contribution in [0.4, 0.5) is 0 Å². The predicted octanol–water partition coefficient (Wildman–Crippen LogP) is 4.88. The SMILES string of the molecule is CCc1cc2ccc(C(=O)c3cccc(Cl)c3)cc2o1. The molecule has 0 aliphatic rings. The monoisotopic (exact) mass is 284 g/mol. The molecule has 100 valence electrons. The van der Waals surface area contributed by atoms with Crippen molar-refractivity contribution in [2.75, 3.05) is 0 Å². The molecule has 0 radical (unpaired) electrons. The van der Waals surface area contributed by atoms with E-state index in [1.165, 1.54) is 0 Å². The topological polar surface area (TPSA) is 30.2 Å². The van der Waals surface area contributed by atoms with Crippen LogP contribution in [-0.2, 0) is 6.42 Å². The van der Waals surface area contributed by atoms with Crippen molar-refractivity contribution >= 4 is 28.4 Å². The fourth-order valence-electron chi connectivity index (χ4n) is 2.20. The largest absolute Gasteiger partial charge is 0.461 e. The maximum atomic E-state index is 12.4.